The summed E-state index contributed by atoms with van der Waals surface area (Å²) in [5, 5.41) is 0. The molecular weight excluding hydrogens is 368 g/mol. The zero-order valence-electron chi connectivity index (χ0n) is 17.1. The van der Waals surface area contributed by atoms with E-state index in [9.17, 15) is 0 Å². The number of aromatic nitrogens is 2. The van der Waals surface area contributed by atoms with Gasteiger partial charge < -0.3 is 18.9 Å². The second-order valence-electron chi connectivity index (χ2n) is 7.33. The highest BCUT2D eigenvalue weighted by atomic mass is 16.6. The number of unbranched alkanes of at least 4 members (excludes halogenated alkanes) is 1. The van der Waals surface area contributed by atoms with Crippen LogP contribution in [-0.2, 0) is 31.8 Å². The Morgan fingerprint density at radius 2 is 1.10 bits per heavy atom. The van der Waals surface area contributed by atoms with Crippen molar-refractivity contribution in [3.8, 4) is 0 Å². The first-order valence-corrected chi connectivity index (χ1v) is 10.6. The molecule has 2 saturated heterocycles. The lowest BCUT2D eigenvalue weighted by Gasteiger charge is -2.03. The predicted octanol–water partition coefficient (Wildman–Crippen LogP) is 3.25. The number of hydrogen-bond donors (Lipinski definition) is 0. The molecule has 0 N–H and O–H groups in total. The molecule has 2 aromatic heterocycles. The third-order valence-electron chi connectivity index (χ3n) is 4.67. The molecule has 4 rings (SSSR count). The van der Waals surface area contributed by atoms with E-state index >= 15 is 0 Å². The van der Waals surface area contributed by atoms with Gasteiger partial charge in [-0.15, -0.1) is 0 Å². The van der Waals surface area contributed by atoms with Gasteiger partial charge in [0.05, 0.1) is 26.4 Å². The molecule has 29 heavy (non-hydrogen) atoms. The normalized spacial score (nSPS) is 19.3. The van der Waals surface area contributed by atoms with Gasteiger partial charge in [-0.05, 0) is 67.5 Å². The standard InChI is InChI=1S/C13H14N2.C10H18O4/c1(2-12-4-8-14-9-5-12)3-13-6-10-15-11-7-13;1(3-11-5-9-7-13-9)2-4-12-6-10-8-14-10/h4-11H,1-3H2;9-10H,1-8H2. The molecule has 6 heteroatoms. The van der Waals surface area contributed by atoms with E-state index in [1.165, 1.54) is 17.5 Å². The van der Waals surface area contributed by atoms with Gasteiger partial charge in [-0.1, -0.05) is 0 Å². The summed E-state index contributed by atoms with van der Waals surface area (Å²) in [6.45, 7) is 4.93. The van der Waals surface area contributed by atoms with Crippen molar-refractivity contribution in [2.24, 2.45) is 0 Å². The molecule has 4 heterocycles. The second kappa shape index (κ2) is 13.4. The Hall–Kier alpha value is -1.86. The number of aryl methyl sites for hydroxylation is 2. The van der Waals surface area contributed by atoms with Crippen LogP contribution in [0.15, 0.2) is 49.1 Å². The Morgan fingerprint density at radius 3 is 1.48 bits per heavy atom. The molecule has 0 spiro atoms. The maximum absolute atomic E-state index is 5.39. The number of nitrogens with zero attached hydrogens (tertiary/aromatic N) is 2. The van der Waals surface area contributed by atoms with Crippen LogP contribution >= 0.6 is 0 Å². The Morgan fingerprint density at radius 1 is 0.690 bits per heavy atom. The van der Waals surface area contributed by atoms with Crippen LogP contribution in [-0.4, -0.2) is 61.8 Å². The zero-order valence-corrected chi connectivity index (χ0v) is 17.1. The van der Waals surface area contributed by atoms with Gasteiger partial charge in [0.15, 0.2) is 0 Å². The highest BCUT2D eigenvalue weighted by Crippen LogP contribution is 2.10. The summed E-state index contributed by atoms with van der Waals surface area (Å²) in [4.78, 5) is 8.01. The molecule has 2 aromatic rings. The summed E-state index contributed by atoms with van der Waals surface area (Å²) in [6, 6.07) is 8.30. The molecular formula is C23H32N2O4. The van der Waals surface area contributed by atoms with Crippen molar-refractivity contribution in [3.63, 3.8) is 0 Å². The predicted molar refractivity (Wildman–Crippen MR) is 111 cm³/mol. The summed E-state index contributed by atoms with van der Waals surface area (Å²) in [5.74, 6) is 0. The van der Waals surface area contributed by atoms with E-state index in [1.807, 2.05) is 24.8 Å². The fraction of sp³-hybridized carbons (Fsp3) is 0.565. The van der Waals surface area contributed by atoms with Crippen LogP contribution in [0.1, 0.15) is 30.4 Å². The van der Waals surface area contributed by atoms with E-state index in [-0.39, 0.29) is 0 Å². The Bertz CT molecular complexity index is 591. The van der Waals surface area contributed by atoms with Gasteiger partial charge in [0, 0.05) is 38.0 Å². The lowest BCUT2D eigenvalue weighted by atomic mass is 10.1. The largest absolute Gasteiger partial charge is 0.379 e. The van der Waals surface area contributed by atoms with Gasteiger partial charge in [-0.2, -0.15) is 0 Å². The van der Waals surface area contributed by atoms with Crippen molar-refractivity contribution in [1.82, 2.24) is 9.97 Å². The van der Waals surface area contributed by atoms with Crippen molar-refractivity contribution in [1.29, 1.82) is 0 Å². The fourth-order valence-electron chi connectivity index (χ4n) is 2.76. The fourth-order valence-corrected chi connectivity index (χ4v) is 2.76. The first kappa shape index (κ1) is 21.8. The van der Waals surface area contributed by atoms with Crippen LogP contribution in [0.2, 0.25) is 0 Å². The average Bonchev–Trinajstić information content (AvgIpc) is 3.68. The van der Waals surface area contributed by atoms with Crippen molar-refractivity contribution in [3.05, 3.63) is 60.2 Å². The van der Waals surface area contributed by atoms with Crippen LogP contribution in [0.3, 0.4) is 0 Å². The third-order valence-corrected chi connectivity index (χ3v) is 4.67. The summed E-state index contributed by atoms with van der Waals surface area (Å²) in [7, 11) is 0. The summed E-state index contributed by atoms with van der Waals surface area (Å²) < 4.78 is 20.8. The molecule has 0 aliphatic carbocycles. The minimum Gasteiger partial charge on any atom is -0.379 e. The van der Waals surface area contributed by atoms with E-state index in [0.29, 0.717) is 12.2 Å². The van der Waals surface area contributed by atoms with Crippen LogP contribution in [0.25, 0.3) is 0 Å². The Labute approximate surface area is 173 Å². The molecule has 2 aliphatic rings. The summed E-state index contributed by atoms with van der Waals surface area (Å²) in [5.41, 5.74) is 2.72. The maximum atomic E-state index is 5.39. The molecule has 0 amide bonds. The highest BCUT2D eigenvalue weighted by Gasteiger charge is 2.22. The first-order chi connectivity index (χ1) is 14.4. The van der Waals surface area contributed by atoms with Crippen molar-refractivity contribution >= 4 is 0 Å². The van der Waals surface area contributed by atoms with Gasteiger partial charge in [0.1, 0.15) is 12.2 Å². The Balaban J connectivity index is 0.000000166. The minimum absolute atomic E-state index is 0.387. The van der Waals surface area contributed by atoms with Crippen LogP contribution in [0.5, 0.6) is 0 Å². The van der Waals surface area contributed by atoms with Crippen molar-refractivity contribution in [2.45, 2.75) is 44.3 Å². The van der Waals surface area contributed by atoms with E-state index in [4.69, 9.17) is 18.9 Å². The molecule has 0 saturated carbocycles. The maximum Gasteiger partial charge on any atom is 0.104 e. The molecule has 0 aromatic carbocycles. The minimum atomic E-state index is 0.387. The number of hydrogen-bond acceptors (Lipinski definition) is 6. The highest BCUT2D eigenvalue weighted by molar-refractivity contribution is 5.12. The van der Waals surface area contributed by atoms with Gasteiger partial charge >= 0.3 is 0 Å². The quantitative estimate of drug-likeness (QED) is 0.380. The van der Waals surface area contributed by atoms with Crippen LogP contribution in [0.4, 0.5) is 0 Å². The molecule has 2 aliphatic heterocycles. The van der Waals surface area contributed by atoms with E-state index in [0.717, 1.165) is 65.3 Å². The molecule has 0 radical (unpaired) electrons. The topological polar surface area (TPSA) is 69.3 Å². The van der Waals surface area contributed by atoms with Gasteiger partial charge in [-0.25, -0.2) is 0 Å². The number of rotatable bonds is 13. The molecule has 0 bridgehead atoms. The average molecular weight is 401 g/mol. The third kappa shape index (κ3) is 11.0. The summed E-state index contributed by atoms with van der Waals surface area (Å²) in [6.07, 6.45) is 13.7. The molecule has 6 nitrogen and oxygen atoms in total. The molecule has 2 unspecified atom stereocenters. The number of pyridine rings is 2. The lowest BCUT2D eigenvalue weighted by Crippen LogP contribution is -2.05. The van der Waals surface area contributed by atoms with Crippen LogP contribution < -0.4 is 0 Å². The van der Waals surface area contributed by atoms with Gasteiger partial charge in [0.2, 0.25) is 0 Å². The van der Waals surface area contributed by atoms with Crippen molar-refractivity contribution < 1.29 is 18.9 Å². The first-order valence-electron chi connectivity index (χ1n) is 10.6. The smallest absolute Gasteiger partial charge is 0.104 e. The number of ether oxygens (including phenoxy) is 4. The van der Waals surface area contributed by atoms with Crippen molar-refractivity contribution in [2.75, 3.05) is 39.6 Å². The SMILES string of the molecule is C(CCOCC1CO1)COCC1CO1.c1cc(CCCc2ccncc2)ccn1. The van der Waals surface area contributed by atoms with E-state index in [1.54, 1.807) is 0 Å². The monoisotopic (exact) mass is 400 g/mol. The van der Waals surface area contributed by atoms with Crippen LogP contribution in [0, 0.1) is 0 Å². The number of epoxide rings is 2. The lowest BCUT2D eigenvalue weighted by molar-refractivity contribution is 0.0885. The summed E-state index contributed by atoms with van der Waals surface area (Å²) >= 11 is 0. The molecule has 2 atom stereocenters. The van der Waals surface area contributed by atoms with Gasteiger partial charge in [-0.3, -0.25) is 9.97 Å². The Kier molecular flexibility index (Phi) is 10.1. The molecule has 158 valence electrons. The molecule has 2 fully saturated rings. The van der Waals surface area contributed by atoms with Gasteiger partial charge in [0.25, 0.3) is 0 Å². The second-order valence-corrected chi connectivity index (χ2v) is 7.33. The van der Waals surface area contributed by atoms with E-state index < -0.39 is 0 Å². The zero-order chi connectivity index (χ0) is 20.0. The van der Waals surface area contributed by atoms with E-state index in [2.05, 4.69) is 34.2 Å².